The number of aromatic nitrogens is 1. The summed E-state index contributed by atoms with van der Waals surface area (Å²) in [7, 11) is 0. The maximum Gasteiger partial charge on any atom is 0.409 e. The molecule has 2 fully saturated rings. The monoisotopic (exact) mass is 387 g/mol. The van der Waals surface area contributed by atoms with Crippen molar-refractivity contribution in [1.29, 1.82) is 0 Å². The lowest BCUT2D eigenvalue weighted by atomic mass is 9.96. The van der Waals surface area contributed by atoms with Crippen LogP contribution in [0, 0.1) is 5.92 Å². The van der Waals surface area contributed by atoms with Crippen LogP contribution < -0.4 is 0 Å². The van der Waals surface area contributed by atoms with Gasteiger partial charge in [-0.15, -0.1) is 11.3 Å². The summed E-state index contributed by atoms with van der Waals surface area (Å²) < 4.78 is 6.28. The van der Waals surface area contributed by atoms with Crippen molar-refractivity contribution in [1.82, 2.24) is 14.8 Å². The lowest BCUT2D eigenvalue weighted by Gasteiger charge is -2.34. The Bertz CT molecular complexity index is 804. The van der Waals surface area contributed by atoms with Crippen LogP contribution in [0.2, 0.25) is 0 Å². The highest BCUT2D eigenvalue weighted by Crippen LogP contribution is 2.38. The molecule has 2 saturated heterocycles. The number of ether oxygens (including phenoxy) is 1. The number of likely N-dealkylation sites (tertiary alicyclic amines) is 2. The molecule has 0 bridgehead atoms. The van der Waals surface area contributed by atoms with Crippen LogP contribution in [0.4, 0.5) is 4.79 Å². The van der Waals surface area contributed by atoms with E-state index in [0.717, 1.165) is 47.5 Å². The van der Waals surface area contributed by atoms with Crippen LogP contribution in [0.25, 0.3) is 10.2 Å². The van der Waals surface area contributed by atoms with Crippen molar-refractivity contribution in [2.24, 2.45) is 5.92 Å². The number of rotatable bonds is 3. The summed E-state index contributed by atoms with van der Waals surface area (Å²) >= 11 is 1.68. The Hall–Kier alpha value is -2.15. The van der Waals surface area contributed by atoms with Crippen molar-refractivity contribution in [2.75, 3.05) is 26.2 Å². The maximum atomic E-state index is 13.2. The molecule has 1 aromatic carbocycles. The molecule has 2 aliphatic heterocycles. The molecular formula is C20H25N3O3S. The summed E-state index contributed by atoms with van der Waals surface area (Å²) in [5.41, 5.74) is 1.00. The van der Waals surface area contributed by atoms with E-state index in [1.54, 1.807) is 23.2 Å². The first-order valence-electron chi connectivity index (χ1n) is 9.75. The lowest BCUT2D eigenvalue weighted by Crippen LogP contribution is -2.46. The second-order valence-electron chi connectivity index (χ2n) is 7.19. The second-order valence-corrected chi connectivity index (χ2v) is 8.26. The molecule has 7 heteroatoms. The molecule has 144 valence electrons. The van der Waals surface area contributed by atoms with E-state index >= 15 is 0 Å². The van der Waals surface area contributed by atoms with E-state index in [2.05, 4.69) is 6.07 Å². The molecule has 0 radical (unpaired) electrons. The number of fused-ring (bicyclic) bond motifs is 1. The van der Waals surface area contributed by atoms with Gasteiger partial charge in [0.05, 0.1) is 28.8 Å². The number of carbonyl (C=O) groups is 2. The quantitative estimate of drug-likeness (QED) is 0.803. The molecule has 3 heterocycles. The van der Waals surface area contributed by atoms with Crippen molar-refractivity contribution in [3.05, 3.63) is 29.3 Å². The topological polar surface area (TPSA) is 62.7 Å². The Balaban J connectivity index is 1.49. The first kappa shape index (κ1) is 18.2. The summed E-state index contributed by atoms with van der Waals surface area (Å²) in [5, 5.41) is 1.03. The van der Waals surface area contributed by atoms with Gasteiger partial charge in [-0.2, -0.15) is 0 Å². The molecule has 2 atom stereocenters. The molecule has 2 amide bonds. The number of thiazole rings is 1. The van der Waals surface area contributed by atoms with E-state index in [9.17, 15) is 9.59 Å². The largest absolute Gasteiger partial charge is 0.450 e. The van der Waals surface area contributed by atoms with E-state index in [1.807, 2.05) is 23.1 Å². The van der Waals surface area contributed by atoms with E-state index < -0.39 is 0 Å². The van der Waals surface area contributed by atoms with Crippen LogP contribution in [-0.2, 0) is 9.53 Å². The van der Waals surface area contributed by atoms with Crippen molar-refractivity contribution in [3.8, 4) is 0 Å². The molecule has 4 rings (SSSR count). The molecule has 6 nitrogen and oxygen atoms in total. The molecule has 0 saturated carbocycles. The number of hydrogen-bond acceptors (Lipinski definition) is 5. The molecule has 1 aromatic heterocycles. The predicted octanol–water partition coefficient (Wildman–Crippen LogP) is 3.83. The predicted molar refractivity (Wildman–Crippen MR) is 105 cm³/mol. The Morgan fingerprint density at radius 3 is 2.85 bits per heavy atom. The van der Waals surface area contributed by atoms with Crippen LogP contribution in [0.1, 0.15) is 43.7 Å². The molecule has 0 aliphatic carbocycles. The highest BCUT2D eigenvalue weighted by atomic mass is 32.1. The average molecular weight is 388 g/mol. The summed E-state index contributed by atoms with van der Waals surface area (Å²) in [6, 6.07) is 8.18. The van der Waals surface area contributed by atoms with E-state index in [-0.39, 0.29) is 24.0 Å². The van der Waals surface area contributed by atoms with Gasteiger partial charge in [-0.25, -0.2) is 9.78 Å². The van der Waals surface area contributed by atoms with Gasteiger partial charge < -0.3 is 14.5 Å². The van der Waals surface area contributed by atoms with Gasteiger partial charge in [0, 0.05) is 19.6 Å². The summed E-state index contributed by atoms with van der Waals surface area (Å²) in [6.45, 7) is 4.07. The average Bonchev–Trinajstić information content (AvgIpc) is 3.34. The van der Waals surface area contributed by atoms with Gasteiger partial charge in [0.25, 0.3) is 0 Å². The smallest absolute Gasteiger partial charge is 0.409 e. The number of benzene rings is 1. The number of nitrogens with zero attached hydrogens (tertiary/aromatic N) is 3. The minimum atomic E-state index is -0.306. The van der Waals surface area contributed by atoms with E-state index in [4.69, 9.17) is 9.72 Å². The zero-order valence-electron chi connectivity index (χ0n) is 15.6. The number of para-hydroxylation sites is 1. The zero-order valence-corrected chi connectivity index (χ0v) is 16.4. The van der Waals surface area contributed by atoms with Crippen molar-refractivity contribution < 1.29 is 14.3 Å². The number of amides is 2. The van der Waals surface area contributed by atoms with Gasteiger partial charge in [0.15, 0.2) is 0 Å². The third-order valence-corrected chi connectivity index (χ3v) is 6.57. The Morgan fingerprint density at radius 1 is 1.22 bits per heavy atom. The molecule has 0 N–H and O–H groups in total. The van der Waals surface area contributed by atoms with Gasteiger partial charge in [-0.3, -0.25) is 4.79 Å². The molecular weight excluding hydrogens is 362 g/mol. The van der Waals surface area contributed by atoms with Crippen molar-refractivity contribution >= 4 is 33.6 Å². The third-order valence-electron chi connectivity index (χ3n) is 5.43. The number of hydrogen-bond donors (Lipinski definition) is 0. The van der Waals surface area contributed by atoms with Crippen molar-refractivity contribution in [3.63, 3.8) is 0 Å². The van der Waals surface area contributed by atoms with Crippen LogP contribution in [0.5, 0.6) is 0 Å². The fourth-order valence-electron chi connectivity index (χ4n) is 4.11. The molecule has 27 heavy (non-hydrogen) atoms. The van der Waals surface area contributed by atoms with Crippen LogP contribution in [0.3, 0.4) is 0 Å². The standard InChI is InChI=1S/C20H25N3O3S/c1-2-26-20(25)22-11-5-7-14(13-22)19(24)23-12-6-9-16(23)18-21-15-8-3-4-10-17(15)27-18/h3-4,8,10,14,16H,2,5-7,9,11-13H2,1H3. The summed E-state index contributed by atoms with van der Waals surface area (Å²) in [4.78, 5) is 33.7. The van der Waals surface area contributed by atoms with Gasteiger partial charge >= 0.3 is 6.09 Å². The van der Waals surface area contributed by atoms with E-state index in [0.29, 0.717) is 19.7 Å². The fourth-order valence-corrected chi connectivity index (χ4v) is 5.23. The summed E-state index contributed by atoms with van der Waals surface area (Å²) in [5.74, 6) is 0.0175. The van der Waals surface area contributed by atoms with Crippen LogP contribution >= 0.6 is 11.3 Å². The zero-order chi connectivity index (χ0) is 18.8. The normalized spacial score (nSPS) is 23.0. The minimum absolute atomic E-state index is 0.0628. The highest BCUT2D eigenvalue weighted by molar-refractivity contribution is 7.18. The SMILES string of the molecule is CCOC(=O)N1CCCC(C(=O)N2CCCC2c2nc3ccccc3s2)C1. The van der Waals surface area contributed by atoms with Crippen LogP contribution in [-0.4, -0.2) is 53.0 Å². The lowest BCUT2D eigenvalue weighted by molar-refractivity contribution is -0.138. The Labute approximate surface area is 163 Å². The Kier molecular flexibility index (Phi) is 5.29. The molecule has 0 spiro atoms. The fraction of sp³-hybridized carbons (Fsp3) is 0.550. The van der Waals surface area contributed by atoms with Crippen LogP contribution in [0.15, 0.2) is 24.3 Å². The second kappa shape index (κ2) is 7.84. The molecule has 2 aliphatic rings. The number of piperidine rings is 1. The maximum absolute atomic E-state index is 13.2. The van der Waals surface area contributed by atoms with Gasteiger partial charge in [-0.05, 0) is 44.7 Å². The molecule has 2 aromatic rings. The van der Waals surface area contributed by atoms with Gasteiger partial charge in [0.2, 0.25) is 5.91 Å². The van der Waals surface area contributed by atoms with Gasteiger partial charge in [-0.1, -0.05) is 12.1 Å². The van der Waals surface area contributed by atoms with E-state index in [1.165, 1.54) is 0 Å². The summed E-state index contributed by atoms with van der Waals surface area (Å²) in [6.07, 6.45) is 3.33. The third kappa shape index (κ3) is 3.65. The first-order chi connectivity index (χ1) is 13.2. The Morgan fingerprint density at radius 2 is 2.04 bits per heavy atom. The number of carbonyl (C=O) groups excluding carboxylic acids is 2. The highest BCUT2D eigenvalue weighted by Gasteiger charge is 2.38. The first-order valence-corrected chi connectivity index (χ1v) is 10.6. The molecule has 2 unspecified atom stereocenters. The van der Waals surface area contributed by atoms with Crippen molar-refractivity contribution in [2.45, 2.75) is 38.6 Å². The minimum Gasteiger partial charge on any atom is -0.450 e. The van der Waals surface area contributed by atoms with Gasteiger partial charge in [0.1, 0.15) is 5.01 Å².